The minimum atomic E-state index is -0.00536. The molecule has 0 aromatic heterocycles. The summed E-state index contributed by atoms with van der Waals surface area (Å²) in [4.78, 5) is 11.2. The second-order valence-electron chi connectivity index (χ2n) is 3.14. The van der Waals surface area contributed by atoms with Gasteiger partial charge in [0.1, 0.15) is 0 Å². The highest BCUT2D eigenvalue weighted by molar-refractivity contribution is 5.82. The molecule has 1 unspecified atom stereocenters. The molecule has 1 amide bonds. The minimum absolute atomic E-state index is 0.00536. The number of amides is 1. The van der Waals surface area contributed by atoms with Crippen molar-refractivity contribution in [3.63, 3.8) is 0 Å². The molecule has 0 spiro atoms. The monoisotopic (exact) mass is 186 g/mol. The van der Waals surface area contributed by atoms with Crippen molar-refractivity contribution in [1.29, 1.82) is 0 Å². The van der Waals surface area contributed by atoms with Crippen LogP contribution in [-0.4, -0.2) is 38.3 Å². The van der Waals surface area contributed by atoms with Gasteiger partial charge in [0, 0.05) is 19.7 Å². The van der Waals surface area contributed by atoms with Gasteiger partial charge in [0.15, 0.2) is 0 Å². The first-order valence-electron chi connectivity index (χ1n) is 4.93. The lowest BCUT2D eigenvalue weighted by Gasteiger charge is -2.22. The molecule has 0 radical (unpaired) electrons. The molecule has 0 saturated carbocycles. The van der Waals surface area contributed by atoms with E-state index < -0.39 is 0 Å². The van der Waals surface area contributed by atoms with Crippen molar-refractivity contribution in [1.82, 2.24) is 10.6 Å². The largest absolute Gasteiger partial charge is 0.380 e. The zero-order valence-electron chi connectivity index (χ0n) is 8.14. The second-order valence-corrected chi connectivity index (χ2v) is 3.14. The molecule has 4 nitrogen and oxygen atoms in total. The quantitative estimate of drug-likeness (QED) is 0.589. The standard InChI is InChI=1S/C9H18N2O2/c1-2-13-7-6-10-8-4-3-5-11-9(8)12/h8,10H,2-7H2,1H3,(H,11,12). The fourth-order valence-corrected chi connectivity index (χ4v) is 1.42. The highest BCUT2D eigenvalue weighted by Gasteiger charge is 2.20. The predicted molar refractivity (Wildman–Crippen MR) is 50.5 cm³/mol. The Morgan fingerprint density at radius 1 is 1.69 bits per heavy atom. The SMILES string of the molecule is CCOCCNC1CCCNC1=O. The molecule has 1 heterocycles. The van der Waals surface area contributed by atoms with Crippen LogP contribution in [0.15, 0.2) is 0 Å². The summed E-state index contributed by atoms with van der Waals surface area (Å²) >= 11 is 0. The van der Waals surface area contributed by atoms with Gasteiger partial charge in [-0.25, -0.2) is 0 Å². The van der Waals surface area contributed by atoms with Gasteiger partial charge in [-0.2, -0.15) is 0 Å². The van der Waals surface area contributed by atoms with Gasteiger partial charge in [-0.15, -0.1) is 0 Å². The van der Waals surface area contributed by atoms with Crippen LogP contribution in [0.3, 0.4) is 0 Å². The van der Waals surface area contributed by atoms with E-state index in [0.717, 1.165) is 32.5 Å². The normalized spacial score (nSPS) is 22.8. The van der Waals surface area contributed by atoms with Crippen LogP contribution >= 0.6 is 0 Å². The molecule has 0 aliphatic carbocycles. The van der Waals surface area contributed by atoms with Crippen LogP contribution in [0.4, 0.5) is 0 Å². The fourth-order valence-electron chi connectivity index (χ4n) is 1.42. The number of carbonyl (C=O) groups excluding carboxylic acids is 1. The van der Waals surface area contributed by atoms with Crippen molar-refractivity contribution < 1.29 is 9.53 Å². The number of piperidine rings is 1. The van der Waals surface area contributed by atoms with Crippen LogP contribution in [0, 0.1) is 0 Å². The lowest BCUT2D eigenvalue weighted by molar-refractivity contribution is -0.124. The van der Waals surface area contributed by atoms with E-state index in [-0.39, 0.29) is 11.9 Å². The van der Waals surface area contributed by atoms with Crippen molar-refractivity contribution in [2.45, 2.75) is 25.8 Å². The maximum atomic E-state index is 11.2. The van der Waals surface area contributed by atoms with Crippen molar-refractivity contribution in [2.24, 2.45) is 0 Å². The molecule has 0 bridgehead atoms. The van der Waals surface area contributed by atoms with Gasteiger partial charge in [0.05, 0.1) is 12.6 Å². The molecule has 1 saturated heterocycles. The minimum Gasteiger partial charge on any atom is -0.380 e. The molecule has 4 heteroatoms. The van der Waals surface area contributed by atoms with Gasteiger partial charge in [0.2, 0.25) is 5.91 Å². The summed E-state index contributed by atoms with van der Waals surface area (Å²) in [6.07, 6.45) is 2.01. The van der Waals surface area contributed by atoms with Crippen LogP contribution in [0.5, 0.6) is 0 Å². The van der Waals surface area contributed by atoms with Gasteiger partial charge >= 0.3 is 0 Å². The van der Waals surface area contributed by atoms with Gasteiger partial charge in [0.25, 0.3) is 0 Å². The fraction of sp³-hybridized carbons (Fsp3) is 0.889. The van der Waals surface area contributed by atoms with Crippen LogP contribution in [-0.2, 0) is 9.53 Å². The second kappa shape index (κ2) is 5.94. The van der Waals surface area contributed by atoms with Crippen LogP contribution in [0.2, 0.25) is 0 Å². The molecule has 13 heavy (non-hydrogen) atoms. The molecular weight excluding hydrogens is 168 g/mol. The molecule has 1 aliphatic heterocycles. The summed E-state index contributed by atoms with van der Waals surface area (Å²) in [6.45, 7) is 4.96. The Kier molecular flexibility index (Phi) is 4.78. The average molecular weight is 186 g/mol. The van der Waals surface area contributed by atoms with E-state index in [0.29, 0.717) is 6.61 Å². The Morgan fingerprint density at radius 3 is 3.23 bits per heavy atom. The van der Waals surface area contributed by atoms with Crippen molar-refractivity contribution in [3.8, 4) is 0 Å². The van der Waals surface area contributed by atoms with E-state index in [1.165, 1.54) is 0 Å². The van der Waals surface area contributed by atoms with Gasteiger partial charge in [-0.1, -0.05) is 0 Å². The summed E-state index contributed by atoms with van der Waals surface area (Å²) in [7, 11) is 0. The van der Waals surface area contributed by atoms with Crippen molar-refractivity contribution in [3.05, 3.63) is 0 Å². The summed E-state index contributed by atoms with van der Waals surface area (Å²) < 4.78 is 5.17. The van der Waals surface area contributed by atoms with E-state index in [2.05, 4.69) is 10.6 Å². The van der Waals surface area contributed by atoms with Crippen LogP contribution in [0.25, 0.3) is 0 Å². The molecular formula is C9H18N2O2. The number of hydrogen-bond donors (Lipinski definition) is 2. The average Bonchev–Trinajstić information content (AvgIpc) is 2.15. The molecule has 2 N–H and O–H groups in total. The first-order valence-corrected chi connectivity index (χ1v) is 4.93. The summed E-state index contributed by atoms with van der Waals surface area (Å²) in [5, 5.41) is 6.00. The zero-order valence-corrected chi connectivity index (χ0v) is 8.14. The zero-order chi connectivity index (χ0) is 9.52. The van der Waals surface area contributed by atoms with E-state index in [1.54, 1.807) is 0 Å². The molecule has 76 valence electrons. The summed E-state index contributed by atoms with van der Waals surface area (Å²) in [5.74, 6) is 0.128. The van der Waals surface area contributed by atoms with Crippen molar-refractivity contribution in [2.75, 3.05) is 26.3 Å². The lowest BCUT2D eigenvalue weighted by atomic mass is 10.1. The Bertz CT molecular complexity index is 162. The Morgan fingerprint density at radius 2 is 2.54 bits per heavy atom. The molecule has 1 rings (SSSR count). The van der Waals surface area contributed by atoms with E-state index in [9.17, 15) is 4.79 Å². The third kappa shape index (κ3) is 3.74. The first-order chi connectivity index (χ1) is 6.34. The Hall–Kier alpha value is -0.610. The number of hydrogen-bond acceptors (Lipinski definition) is 3. The van der Waals surface area contributed by atoms with Gasteiger partial charge in [-0.05, 0) is 19.8 Å². The summed E-state index contributed by atoms with van der Waals surface area (Å²) in [6, 6.07) is -0.00536. The smallest absolute Gasteiger partial charge is 0.237 e. The number of rotatable bonds is 5. The number of nitrogens with one attached hydrogen (secondary N) is 2. The topological polar surface area (TPSA) is 50.4 Å². The predicted octanol–water partition coefficient (Wildman–Crippen LogP) is -0.109. The van der Waals surface area contributed by atoms with Crippen LogP contribution in [0.1, 0.15) is 19.8 Å². The van der Waals surface area contributed by atoms with E-state index in [4.69, 9.17) is 4.74 Å². The summed E-state index contributed by atoms with van der Waals surface area (Å²) in [5.41, 5.74) is 0. The maximum absolute atomic E-state index is 11.2. The molecule has 1 aliphatic rings. The first kappa shape index (κ1) is 10.5. The molecule has 0 aromatic rings. The van der Waals surface area contributed by atoms with Crippen molar-refractivity contribution >= 4 is 5.91 Å². The lowest BCUT2D eigenvalue weighted by Crippen LogP contribution is -2.49. The van der Waals surface area contributed by atoms with E-state index in [1.807, 2.05) is 6.92 Å². The highest BCUT2D eigenvalue weighted by Crippen LogP contribution is 2.01. The van der Waals surface area contributed by atoms with E-state index >= 15 is 0 Å². The number of ether oxygens (including phenoxy) is 1. The Labute approximate surface area is 79.0 Å². The molecule has 1 fully saturated rings. The van der Waals surface area contributed by atoms with Gasteiger partial charge in [-0.3, -0.25) is 4.79 Å². The van der Waals surface area contributed by atoms with Gasteiger partial charge < -0.3 is 15.4 Å². The number of carbonyl (C=O) groups is 1. The third-order valence-electron chi connectivity index (χ3n) is 2.13. The highest BCUT2D eigenvalue weighted by atomic mass is 16.5. The van der Waals surface area contributed by atoms with Crippen LogP contribution < -0.4 is 10.6 Å². The maximum Gasteiger partial charge on any atom is 0.237 e. The Balaban J connectivity index is 2.08. The molecule has 0 aromatic carbocycles. The molecule has 1 atom stereocenters. The third-order valence-corrected chi connectivity index (χ3v) is 2.13.